The summed E-state index contributed by atoms with van der Waals surface area (Å²) in [6.45, 7) is 0.974. The maximum atomic E-state index is 12.2. The highest BCUT2D eigenvalue weighted by molar-refractivity contribution is 6.35. The largest absolute Gasteiger partial charge is 0.482 e. The summed E-state index contributed by atoms with van der Waals surface area (Å²) in [5.41, 5.74) is 4.70. The molecule has 0 fully saturated rings. The van der Waals surface area contributed by atoms with Gasteiger partial charge in [0, 0.05) is 40.8 Å². The Morgan fingerprint density at radius 1 is 1.13 bits per heavy atom. The van der Waals surface area contributed by atoms with Gasteiger partial charge in [-0.2, -0.15) is 5.10 Å². The van der Waals surface area contributed by atoms with Gasteiger partial charge < -0.3 is 10.1 Å². The minimum Gasteiger partial charge on any atom is -0.482 e. The van der Waals surface area contributed by atoms with E-state index < -0.39 is 0 Å². The number of fused-ring (bicyclic) bond motifs is 1. The van der Waals surface area contributed by atoms with Crippen LogP contribution in [0.3, 0.4) is 0 Å². The van der Waals surface area contributed by atoms with Crippen molar-refractivity contribution in [2.24, 2.45) is 0 Å². The molecule has 0 saturated carbocycles. The molecule has 3 aromatic rings. The highest BCUT2D eigenvalue weighted by atomic mass is 35.5. The van der Waals surface area contributed by atoms with Crippen LogP contribution < -0.4 is 10.1 Å². The molecule has 0 saturated heterocycles. The number of pyridine rings is 1. The predicted molar refractivity (Wildman–Crippen MR) is 117 cm³/mol. The Kier molecular flexibility index (Phi) is 6.55. The standard InChI is InChI=1S/C22H22Cl2N4O2/c23-16-5-6-20(18(24)13-16)30-14-21(29)26-11-12-28-19-4-2-1-3-17(19)22(27-28)15-7-9-25-10-8-15/h5-10,13H,1-4,11-12,14H2,(H,26,29). The molecule has 30 heavy (non-hydrogen) atoms. The number of aromatic nitrogens is 3. The summed E-state index contributed by atoms with van der Waals surface area (Å²) in [6.07, 6.45) is 7.97. The summed E-state index contributed by atoms with van der Waals surface area (Å²) >= 11 is 11.9. The molecular formula is C22H22Cl2N4O2. The Labute approximate surface area is 185 Å². The molecule has 156 valence electrons. The van der Waals surface area contributed by atoms with Gasteiger partial charge in [0.25, 0.3) is 5.91 Å². The van der Waals surface area contributed by atoms with E-state index in [4.69, 9.17) is 33.0 Å². The van der Waals surface area contributed by atoms with E-state index in [9.17, 15) is 4.79 Å². The summed E-state index contributed by atoms with van der Waals surface area (Å²) in [5.74, 6) is 0.218. The molecule has 0 unspecified atom stereocenters. The van der Waals surface area contributed by atoms with E-state index in [2.05, 4.69) is 10.3 Å². The molecule has 2 heterocycles. The van der Waals surface area contributed by atoms with Crippen molar-refractivity contribution in [3.63, 3.8) is 0 Å². The van der Waals surface area contributed by atoms with Crippen LogP contribution in [0.5, 0.6) is 5.75 Å². The first-order valence-electron chi connectivity index (χ1n) is 9.95. The Morgan fingerprint density at radius 2 is 1.93 bits per heavy atom. The number of ether oxygens (including phenoxy) is 1. The molecule has 0 bridgehead atoms. The molecule has 1 aliphatic rings. The zero-order chi connectivity index (χ0) is 20.9. The first-order valence-corrected chi connectivity index (χ1v) is 10.7. The van der Waals surface area contributed by atoms with Crippen LogP contribution in [0.25, 0.3) is 11.3 Å². The van der Waals surface area contributed by atoms with E-state index in [0.29, 0.717) is 28.9 Å². The normalized spacial score (nSPS) is 13.0. The third kappa shape index (κ3) is 4.77. The van der Waals surface area contributed by atoms with E-state index in [1.807, 2.05) is 16.8 Å². The van der Waals surface area contributed by atoms with Crippen LogP contribution in [-0.4, -0.2) is 33.8 Å². The number of nitrogens with one attached hydrogen (secondary N) is 1. The first-order chi connectivity index (χ1) is 14.6. The lowest BCUT2D eigenvalue weighted by Gasteiger charge is -2.14. The van der Waals surface area contributed by atoms with Crippen molar-refractivity contribution < 1.29 is 9.53 Å². The third-order valence-electron chi connectivity index (χ3n) is 5.11. The van der Waals surface area contributed by atoms with Crippen molar-refractivity contribution in [2.75, 3.05) is 13.2 Å². The number of benzene rings is 1. The number of carbonyl (C=O) groups is 1. The summed E-state index contributed by atoms with van der Waals surface area (Å²) in [7, 11) is 0. The van der Waals surface area contributed by atoms with Gasteiger partial charge in [-0.15, -0.1) is 0 Å². The number of amides is 1. The third-order valence-corrected chi connectivity index (χ3v) is 5.64. The van der Waals surface area contributed by atoms with Gasteiger partial charge in [-0.3, -0.25) is 14.5 Å². The lowest BCUT2D eigenvalue weighted by Crippen LogP contribution is -2.32. The molecule has 1 aliphatic carbocycles. The molecule has 0 aliphatic heterocycles. The van der Waals surface area contributed by atoms with E-state index in [0.717, 1.165) is 30.5 Å². The summed E-state index contributed by atoms with van der Waals surface area (Å²) in [5, 5.41) is 8.63. The number of carbonyl (C=O) groups excluding carboxylic acids is 1. The van der Waals surface area contributed by atoms with Crippen molar-refractivity contribution in [3.8, 4) is 17.0 Å². The van der Waals surface area contributed by atoms with Crippen LogP contribution in [0.4, 0.5) is 0 Å². The number of hydrogen-bond donors (Lipinski definition) is 1. The van der Waals surface area contributed by atoms with Gasteiger partial charge in [0.1, 0.15) is 5.75 Å². The fourth-order valence-electron chi connectivity index (χ4n) is 3.69. The second-order valence-corrected chi connectivity index (χ2v) is 8.00. The van der Waals surface area contributed by atoms with E-state index >= 15 is 0 Å². The summed E-state index contributed by atoms with van der Waals surface area (Å²) in [4.78, 5) is 16.3. The maximum Gasteiger partial charge on any atom is 0.258 e. The van der Waals surface area contributed by atoms with E-state index in [1.54, 1.807) is 30.6 Å². The Balaban J connectivity index is 1.36. The maximum absolute atomic E-state index is 12.2. The molecule has 8 heteroatoms. The highest BCUT2D eigenvalue weighted by Crippen LogP contribution is 2.31. The molecule has 0 radical (unpaired) electrons. The SMILES string of the molecule is O=C(COc1ccc(Cl)cc1Cl)NCCn1nc(-c2ccncc2)c2c1CCCC2. The molecule has 4 rings (SSSR count). The molecule has 6 nitrogen and oxygen atoms in total. The van der Waals surface area contributed by atoms with Gasteiger partial charge in [0.2, 0.25) is 0 Å². The second kappa shape index (κ2) is 9.49. The summed E-state index contributed by atoms with van der Waals surface area (Å²) < 4.78 is 7.51. The van der Waals surface area contributed by atoms with Gasteiger partial charge in [-0.1, -0.05) is 23.2 Å². The minimum atomic E-state index is -0.212. The van der Waals surface area contributed by atoms with Crippen LogP contribution in [0.1, 0.15) is 24.1 Å². The number of nitrogens with zero attached hydrogens (tertiary/aromatic N) is 3. The lowest BCUT2D eigenvalue weighted by atomic mass is 9.94. The van der Waals surface area contributed by atoms with Crippen molar-refractivity contribution in [1.82, 2.24) is 20.1 Å². The number of rotatable bonds is 7. The van der Waals surface area contributed by atoms with Crippen molar-refractivity contribution in [3.05, 3.63) is 64.0 Å². The zero-order valence-electron chi connectivity index (χ0n) is 16.4. The van der Waals surface area contributed by atoms with Gasteiger partial charge >= 0.3 is 0 Å². The fourth-order valence-corrected chi connectivity index (χ4v) is 4.15. The zero-order valence-corrected chi connectivity index (χ0v) is 17.9. The average Bonchev–Trinajstić information content (AvgIpc) is 3.13. The summed E-state index contributed by atoms with van der Waals surface area (Å²) in [6, 6.07) is 8.87. The first kappa shape index (κ1) is 20.7. The van der Waals surface area contributed by atoms with Crippen LogP contribution in [0, 0.1) is 0 Å². The van der Waals surface area contributed by atoms with E-state index in [1.165, 1.54) is 17.7 Å². The van der Waals surface area contributed by atoms with Crippen LogP contribution in [0.2, 0.25) is 10.0 Å². The Hall–Kier alpha value is -2.57. The van der Waals surface area contributed by atoms with Gasteiger partial charge in [0.15, 0.2) is 6.61 Å². The molecule has 2 aromatic heterocycles. The monoisotopic (exact) mass is 444 g/mol. The van der Waals surface area contributed by atoms with Gasteiger partial charge in [0.05, 0.1) is 17.3 Å². The molecule has 0 spiro atoms. The second-order valence-electron chi connectivity index (χ2n) is 7.15. The molecular weight excluding hydrogens is 423 g/mol. The predicted octanol–water partition coefficient (Wildman–Crippen LogP) is 4.33. The fraction of sp³-hybridized carbons (Fsp3) is 0.318. The number of halogens is 2. The molecule has 1 aromatic carbocycles. The molecule has 0 atom stereocenters. The minimum absolute atomic E-state index is 0.110. The molecule has 1 N–H and O–H groups in total. The quantitative estimate of drug-likeness (QED) is 0.588. The van der Waals surface area contributed by atoms with Crippen molar-refractivity contribution >= 4 is 29.1 Å². The van der Waals surface area contributed by atoms with Crippen LogP contribution in [0.15, 0.2) is 42.7 Å². The smallest absolute Gasteiger partial charge is 0.258 e. The van der Waals surface area contributed by atoms with Crippen LogP contribution in [-0.2, 0) is 24.2 Å². The Morgan fingerprint density at radius 3 is 2.73 bits per heavy atom. The Bertz CT molecular complexity index is 1040. The number of hydrogen-bond acceptors (Lipinski definition) is 4. The molecule has 1 amide bonds. The average molecular weight is 445 g/mol. The van der Waals surface area contributed by atoms with Gasteiger partial charge in [-0.25, -0.2) is 0 Å². The van der Waals surface area contributed by atoms with Gasteiger partial charge in [-0.05, 0) is 56.0 Å². The topological polar surface area (TPSA) is 69.0 Å². The van der Waals surface area contributed by atoms with Crippen molar-refractivity contribution in [1.29, 1.82) is 0 Å². The lowest BCUT2D eigenvalue weighted by molar-refractivity contribution is -0.123. The highest BCUT2D eigenvalue weighted by Gasteiger charge is 2.21. The van der Waals surface area contributed by atoms with Crippen molar-refractivity contribution in [2.45, 2.75) is 32.2 Å². The van der Waals surface area contributed by atoms with Crippen LogP contribution >= 0.6 is 23.2 Å². The van der Waals surface area contributed by atoms with E-state index in [-0.39, 0.29) is 12.5 Å².